The van der Waals surface area contributed by atoms with Gasteiger partial charge in [0.15, 0.2) is 0 Å². The van der Waals surface area contributed by atoms with Gasteiger partial charge in [-0.05, 0) is 110 Å². The lowest BCUT2D eigenvalue weighted by molar-refractivity contribution is 0.730. The van der Waals surface area contributed by atoms with Crippen LogP contribution in [0.15, 0.2) is 198 Å². The summed E-state index contributed by atoms with van der Waals surface area (Å²) >= 11 is 1.90. The van der Waals surface area contributed by atoms with Crippen LogP contribution >= 0.6 is 11.8 Å². The van der Waals surface area contributed by atoms with Crippen molar-refractivity contribution in [1.29, 1.82) is 0 Å². The van der Waals surface area contributed by atoms with E-state index in [4.69, 9.17) is 0 Å². The van der Waals surface area contributed by atoms with Gasteiger partial charge in [-0.3, -0.25) is 0 Å². The van der Waals surface area contributed by atoms with Crippen molar-refractivity contribution in [2.24, 2.45) is 0 Å². The first-order valence-electron chi connectivity index (χ1n) is 16.9. The number of hydrogen-bond donors (Lipinski definition) is 0. The second-order valence-electron chi connectivity index (χ2n) is 12.9. The van der Waals surface area contributed by atoms with Crippen molar-refractivity contribution < 1.29 is 0 Å². The van der Waals surface area contributed by atoms with E-state index >= 15 is 0 Å². The number of hydrogen-bond acceptors (Lipinski definition) is 2. The van der Waals surface area contributed by atoms with Crippen molar-refractivity contribution in [2.45, 2.75) is 15.2 Å². The number of anilines is 3. The van der Waals surface area contributed by atoms with Gasteiger partial charge in [-0.15, -0.1) is 0 Å². The van der Waals surface area contributed by atoms with Gasteiger partial charge in [0, 0.05) is 26.9 Å². The van der Waals surface area contributed by atoms with E-state index in [2.05, 4.69) is 193 Å². The smallest absolute Gasteiger partial charge is 0.0741 e. The van der Waals surface area contributed by atoms with E-state index in [1.54, 1.807) is 0 Å². The molecule has 10 rings (SSSR count). The van der Waals surface area contributed by atoms with Gasteiger partial charge in [0.25, 0.3) is 0 Å². The highest BCUT2D eigenvalue weighted by atomic mass is 32.2. The minimum Gasteiger partial charge on any atom is -0.311 e. The van der Waals surface area contributed by atoms with Crippen LogP contribution in [0.25, 0.3) is 33.0 Å². The van der Waals surface area contributed by atoms with Crippen LogP contribution in [0.2, 0.25) is 0 Å². The highest BCUT2D eigenvalue weighted by Gasteiger charge is 2.50. The van der Waals surface area contributed by atoms with Crippen molar-refractivity contribution in [3.05, 3.63) is 210 Å². The van der Waals surface area contributed by atoms with Gasteiger partial charge in [0.2, 0.25) is 0 Å². The molecule has 0 amide bonds. The number of fused-ring (bicyclic) bond motifs is 11. The average Bonchev–Trinajstić information content (AvgIpc) is 3.46. The zero-order valence-electron chi connectivity index (χ0n) is 26.8. The number of nitrogens with zero attached hydrogens (tertiary/aromatic N) is 1. The maximum Gasteiger partial charge on any atom is 0.0741 e. The molecule has 1 heterocycles. The van der Waals surface area contributed by atoms with E-state index in [-0.39, 0.29) is 5.41 Å². The molecule has 1 nitrogen and oxygen atoms in total. The monoisotopic (exact) mass is 641 g/mol. The van der Waals surface area contributed by atoms with Crippen LogP contribution in [0, 0.1) is 0 Å². The van der Waals surface area contributed by atoms with Crippen LogP contribution in [-0.4, -0.2) is 0 Å². The van der Waals surface area contributed by atoms with Crippen molar-refractivity contribution in [1.82, 2.24) is 0 Å². The lowest BCUT2D eigenvalue weighted by Gasteiger charge is -2.40. The molecule has 2 aliphatic rings. The van der Waals surface area contributed by atoms with Gasteiger partial charge in [-0.25, -0.2) is 0 Å². The fraction of sp³-hybridized carbons (Fsp3) is 0.0213. The Morgan fingerprint density at radius 2 is 0.918 bits per heavy atom. The van der Waals surface area contributed by atoms with E-state index in [9.17, 15) is 0 Å². The second kappa shape index (κ2) is 11.1. The summed E-state index contributed by atoms with van der Waals surface area (Å²) < 4.78 is 0. The molecular formula is C47H31NS. The molecule has 49 heavy (non-hydrogen) atoms. The van der Waals surface area contributed by atoms with Gasteiger partial charge in [-0.1, -0.05) is 145 Å². The molecular weight excluding hydrogens is 611 g/mol. The summed E-state index contributed by atoms with van der Waals surface area (Å²) in [6.45, 7) is 0. The van der Waals surface area contributed by atoms with Crippen molar-refractivity contribution in [3.8, 4) is 22.3 Å². The van der Waals surface area contributed by atoms with E-state index in [0.29, 0.717) is 0 Å². The highest BCUT2D eigenvalue weighted by molar-refractivity contribution is 7.99. The SMILES string of the molecule is c1ccc(N(c2ccccc2)c2ccc(-c3ccc4c5c(ccc4c3)Sc3ccccc3C53c4ccccc4-c4ccccc43)cc2)cc1. The molecule has 0 N–H and O–H groups in total. The van der Waals surface area contributed by atoms with Gasteiger partial charge in [0.05, 0.1) is 5.41 Å². The van der Waals surface area contributed by atoms with Crippen LogP contribution in [0.1, 0.15) is 22.3 Å². The Labute approximate surface area is 291 Å². The third-order valence-electron chi connectivity index (χ3n) is 10.3. The lowest BCUT2D eigenvalue weighted by Crippen LogP contribution is -2.32. The Bertz CT molecular complexity index is 2430. The van der Waals surface area contributed by atoms with E-state index in [1.807, 2.05) is 11.8 Å². The Morgan fingerprint density at radius 1 is 0.388 bits per heavy atom. The Hall–Kier alpha value is -5.83. The minimum atomic E-state index is -0.384. The summed E-state index contributed by atoms with van der Waals surface area (Å²) in [7, 11) is 0. The molecule has 8 aromatic rings. The zero-order valence-corrected chi connectivity index (χ0v) is 27.6. The van der Waals surface area contributed by atoms with Crippen LogP contribution in [0.5, 0.6) is 0 Å². The number of rotatable bonds is 4. The molecule has 1 aliphatic heterocycles. The van der Waals surface area contributed by atoms with E-state index in [1.165, 1.54) is 65.1 Å². The molecule has 8 aromatic carbocycles. The van der Waals surface area contributed by atoms with Gasteiger partial charge < -0.3 is 4.90 Å². The Balaban J connectivity index is 1.13. The molecule has 1 spiro atoms. The average molecular weight is 642 g/mol. The molecule has 0 radical (unpaired) electrons. The predicted molar refractivity (Wildman–Crippen MR) is 205 cm³/mol. The zero-order chi connectivity index (χ0) is 32.4. The topological polar surface area (TPSA) is 3.24 Å². The van der Waals surface area contributed by atoms with Crippen LogP contribution in [0.4, 0.5) is 17.1 Å². The minimum absolute atomic E-state index is 0.384. The molecule has 0 bridgehead atoms. The molecule has 2 heteroatoms. The van der Waals surface area contributed by atoms with E-state index in [0.717, 1.165) is 17.1 Å². The first kappa shape index (κ1) is 28.2. The van der Waals surface area contributed by atoms with Crippen molar-refractivity contribution in [3.63, 3.8) is 0 Å². The van der Waals surface area contributed by atoms with Gasteiger partial charge in [0.1, 0.15) is 0 Å². The largest absolute Gasteiger partial charge is 0.311 e. The van der Waals surface area contributed by atoms with Crippen molar-refractivity contribution >= 4 is 39.6 Å². The summed E-state index contributed by atoms with van der Waals surface area (Å²) in [5.74, 6) is 0. The van der Waals surface area contributed by atoms with Gasteiger partial charge >= 0.3 is 0 Å². The summed E-state index contributed by atoms with van der Waals surface area (Å²) in [5.41, 5.74) is 13.6. The molecule has 0 saturated carbocycles. The standard InChI is InChI=1S/C47H31NS/c1-3-13-35(14-4-1)48(36-15-5-2-6-16-36)37-27-23-32(24-28-37)33-25-29-38-34(31-33)26-30-45-46(38)47(43-21-11-12-22-44(43)49-45)41-19-9-7-17-39(41)40-18-8-10-20-42(40)47/h1-31H. The first-order chi connectivity index (χ1) is 24.3. The maximum atomic E-state index is 2.38. The molecule has 0 unspecified atom stereocenters. The number of benzene rings is 8. The second-order valence-corrected chi connectivity index (χ2v) is 14.0. The quantitative estimate of drug-likeness (QED) is 0.188. The molecule has 0 saturated heterocycles. The van der Waals surface area contributed by atoms with Crippen molar-refractivity contribution in [2.75, 3.05) is 4.90 Å². The van der Waals surface area contributed by atoms with Crippen LogP contribution < -0.4 is 4.90 Å². The highest BCUT2D eigenvalue weighted by Crippen LogP contribution is 2.63. The predicted octanol–water partition coefficient (Wildman–Crippen LogP) is 12.8. The fourth-order valence-electron chi connectivity index (χ4n) is 8.28. The molecule has 230 valence electrons. The summed E-state index contributed by atoms with van der Waals surface area (Å²) in [6, 6.07) is 69.0. The summed E-state index contributed by atoms with van der Waals surface area (Å²) in [6.07, 6.45) is 0. The lowest BCUT2D eigenvalue weighted by atomic mass is 9.66. The number of para-hydroxylation sites is 2. The third-order valence-corrected chi connectivity index (χ3v) is 11.4. The molecule has 1 aliphatic carbocycles. The van der Waals surface area contributed by atoms with Crippen LogP contribution in [-0.2, 0) is 5.41 Å². The Morgan fingerprint density at radius 3 is 1.57 bits per heavy atom. The van der Waals surface area contributed by atoms with Crippen LogP contribution in [0.3, 0.4) is 0 Å². The van der Waals surface area contributed by atoms with E-state index < -0.39 is 0 Å². The Kier molecular flexibility index (Phi) is 6.40. The molecule has 0 atom stereocenters. The molecule has 0 fully saturated rings. The van der Waals surface area contributed by atoms with Gasteiger partial charge in [-0.2, -0.15) is 0 Å². The normalized spacial score (nSPS) is 13.4. The fourth-order valence-corrected chi connectivity index (χ4v) is 9.49. The molecule has 0 aromatic heterocycles. The first-order valence-corrected chi connectivity index (χ1v) is 17.7. The summed E-state index contributed by atoms with van der Waals surface area (Å²) in [5, 5.41) is 2.57. The third kappa shape index (κ3) is 4.21. The summed E-state index contributed by atoms with van der Waals surface area (Å²) in [4.78, 5) is 4.97. The maximum absolute atomic E-state index is 2.38.